The number of nitrogens with zero attached hydrogens (tertiary/aromatic N) is 2. The van der Waals surface area contributed by atoms with Crippen molar-refractivity contribution in [1.82, 2.24) is 10.3 Å². The average Bonchev–Trinajstić information content (AvgIpc) is 2.52. The molecular formula is C15H15BrClN3O. The van der Waals surface area contributed by atoms with Gasteiger partial charge in [-0.25, -0.2) is 4.98 Å². The first kappa shape index (κ1) is 14.6. The monoisotopic (exact) mass is 367 g/mol. The standard InChI is InChI=1S/C15H15BrClN3O/c16-14-9-11(17)10-19-15(14)21-13-3-1-12(2-4-13)20-7-5-18-6-8-20/h1-4,9-10,18H,5-8H2. The minimum absolute atomic E-state index is 0.509. The van der Waals surface area contributed by atoms with Crippen LogP contribution in [0.1, 0.15) is 0 Å². The predicted molar refractivity (Wildman–Crippen MR) is 88.5 cm³/mol. The fourth-order valence-corrected chi connectivity index (χ4v) is 2.96. The molecule has 1 aromatic carbocycles. The van der Waals surface area contributed by atoms with E-state index >= 15 is 0 Å². The first-order valence-electron chi connectivity index (χ1n) is 6.77. The van der Waals surface area contributed by atoms with Gasteiger partial charge in [0.05, 0.1) is 9.50 Å². The minimum Gasteiger partial charge on any atom is -0.438 e. The van der Waals surface area contributed by atoms with Crippen LogP contribution in [0.15, 0.2) is 41.0 Å². The third-order valence-corrected chi connectivity index (χ3v) is 4.08. The number of piperazine rings is 1. The number of hydrogen-bond acceptors (Lipinski definition) is 4. The molecule has 0 radical (unpaired) electrons. The highest BCUT2D eigenvalue weighted by Crippen LogP contribution is 2.30. The molecule has 4 nitrogen and oxygen atoms in total. The largest absolute Gasteiger partial charge is 0.438 e. The van der Waals surface area contributed by atoms with Gasteiger partial charge in [-0.2, -0.15) is 0 Å². The van der Waals surface area contributed by atoms with E-state index in [0.717, 1.165) is 36.4 Å². The highest BCUT2D eigenvalue weighted by molar-refractivity contribution is 9.10. The molecule has 0 spiro atoms. The lowest BCUT2D eigenvalue weighted by atomic mass is 10.2. The van der Waals surface area contributed by atoms with Gasteiger partial charge < -0.3 is 15.0 Å². The van der Waals surface area contributed by atoms with E-state index in [0.29, 0.717) is 10.9 Å². The van der Waals surface area contributed by atoms with E-state index in [1.807, 2.05) is 12.1 Å². The summed E-state index contributed by atoms with van der Waals surface area (Å²) in [6.45, 7) is 4.12. The number of aromatic nitrogens is 1. The number of ether oxygens (including phenoxy) is 1. The van der Waals surface area contributed by atoms with E-state index in [1.165, 1.54) is 5.69 Å². The lowest BCUT2D eigenvalue weighted by Gasteiger charge is -2.29. The maximum atomic E-state index is 5.87. The fraction of sp³-hybridized carbons (Fsp3) is 0.267. The number of rotatable bonds is 3. The summed E-state index contributed by atoms with van der Waals surface area (Å²) in [5.74, 6) is 1.26. The van der Waals surface area contributed by atoms with Gasteiger partial charge in [-0.05, 0) is 46.3 Å². The Morgan fingerprint density at radius 1 is 1.19 bits per heavy atom. The topological polar surface area (TPSA) is 37.4 Å². The summed E-state index contributed by atoms with van der Waals surface area (Å²) in [4.78, 5) is 6.52. The number of hydrogen-bond donors (Lipinski definition) is 1. The molecule has 110 valence electrons. The molecule has 1 fully saturated rings. The highest BCUT2D eigenvalue weighted by Gasteiger charge is 2.11. The second kappa shape index (κ2) is 6.64. The fourth-order valence-electron chi connectivity index (χ4n) is 2.24. The molecule has 0 amide bonds. The number of pyridine rings is 1. The van der Waals surface area contributed by atoms with Gasteiger partial charge in [0.2, 0.25) is 5.88 Å². The van der Waals surface area contributed by atoms with Crippen molar-refractivity contribution >= 4 is 33.2 Å². The maximum Gasteiger partial charge on any atom is 0.233 e. The van der Waals surface area contributed by atoms with Crippen molar-refractivity contribution in [2.75, 3.05) is 31.1 Å². The van der Waals surface area contributed by atoms with E-state index in [2.05, 4.69) is 43.3 Å². The second-order valence-electron chi connectivity index (χ2n) is 4.77. The second-order valence-corrected chi connectivity index (χ2v) is 6.06. The van der Waals surface area contributed by atoms with E-state index in [1.54, 1.807) is 12.3 Å². The molecule has 21 heavy (non-hydrogen) atoms. The van der Waals surface area contributed by atoms with Crippen LogP contribution in [0.25, 0.3) is 0 Å². The van der Waals surface area contributed by atoms with Crippen LogP contribution in [-0.2, 0) is 0 Å². The van der Waals surface area contributed by atoms with Gasteiger partial charge in [-0.15, -0.1) is 0 Å². The third kappa shape index (κ3) is 3.67. The van der Waals surface area contributed by atoms with Crippen LogP contribution in [0, 0.1) is 0 Å². The van der Waals surface area contributed by atoms with Crippen molar-refractivity contribution in [1.29, 1.82) is 0 Å². The first-order valence-corrected chi connectivity index (χ1v) is 7.94. The summed E-state index contributed by atoms with van der Waals surface area (Å²) >= 11 is 9.26. The molecule has 2 aromatic rings. The van der Waals surface area contributed by atoms with Crippen molar-refractivity contribution in [3.63, 3.8) is 0 Å². The summed E-state index contributed by atoms with van der Waals surface area (Å²) in [6, 6.07) is 9.83. The summed E-state index contributed by atoms with van der Waals surface area (Å²) in [5, 5.41) is 3.92. The van der Waals surface area contributed by atoms with Gasteiger partial charge in [0.15, 0.2) is 0 Å². The van der Waals surface area contributed by atoms with Crippen molar-refractivity contribution in [3.05, 3.63) is 46.0 Å². The van der Waals surface area contributed by atoms with Crippen LogP contribution in [0.4, 0.5) is 5.69 Å². The molecule has 1 aliphatic heterocycles. The van der Waals surface area contributed by atoms with Gasteiger partial charge in [0.1, 0.15) is 5.75 Å². The Morgan fingerprint density at radius 3 is 2.57 bits per heavy atom. The summed E-state index contributed by atoms with van der Waals surface area (Å²) < 4.78 is 6.50. The molecular weight excluding hydrogens is 354 g/mol. The van der Waals surface area contributed by atoms with E-state index in [9.17, 15) is 0 Å². The lowest BCUT2D eigenvalue weighted by molar-refractivity contribution is 0.459. The highest BCUT2D eigenvalue weighted by atomic mass is 79.9. The average molecular weight is 369 g/mol. The van der Waals surface area contributed by atoms with Gasteiger partial charge >= 0.3 is 0 Å². The van der Waals surface area contributed by atoms with Crippen LogP contribution in [0.2, 0.25) is 5.02 Å². The van der Waals surface area contributed by atoms with Crippen LogP contribution < -0.4 is 15.0 Å². The molecule has 1 aliphatic rings. The normalized spacial score (nSPS) is 15.0. The maximum absolute atomic E-state index is 5.87. The zero-order valence-electron chi connectivity index (χ0n) is 11.4. The predicted octanol–water partition coefficient (Wildman–Crippen LogP) is 3.70. The third-order valence-electron chi connectivity index (χ3n) is 3.31. The molecule has 3 rings (SSSR count). The minimum atomic E-state index is 0.509. The molecule has 6 heteroatoms. The molecule has 1 N–H and O–H groups in total. The molecule has 0 aliphatic carbocycles. The Hall–Kier alpha value is -1.30. The van der Waals surface area contributed by atoms with Crippen LogP contribution in [-0.4, -0.2) is 31.2 Å². The zero-order valence-corrected chi connectivity index (χ0v) is 13.7. The molecule has 2 heterocycles. The first-order chi connectivity index (χ1) is 10.2. The quantitative estimate of drug-likeness (QED) is 0.896. The smallest absolute Gasteiger partial charge is 0.233 e. The Kier molecular flexibility index (Phi) is 4.63. The molecule has 0 unspecified atom stereocenters. The number of halogens is 2. The van der Waals surface area contributed by atoms with Crippen LogP contribution >= 0.6 is 27.5 Å². The molecule has 0 bridgehead atoms. The summed E-state index contributed by atoms with van der Waals surface area (Å²) in [5.41, 5.74) is 1.21. The lowest BCUT2D eigenvalue weighted by Crippen LogP contribution is -2.43. The zero-order chi connectivity index (χ0) is 14.7. The van der Waals surface area contributed by atoms with E-state index < -0.39 is 0 Å². The Balaban J connectivity index is 1.71. The summed E-state index contributed by atoms with van der Waals surface area (Å²) in [6.07, 6.45) is 1.57. The Labute approximate surface area is 137 Å². The van der Waals surface area contributed by atoms with Gasteiger partial charge in [0.25, 0.3) is 0 Å². The molecule has 1 aromatic heterocycles. The van der Waals surface area contributed by atoms with Crippen LogP contribution in [0.3, 0.4) is 0 Å². The van der Waals surface area contributed by atoms with Gasteiger partial charge in [-0.1, -0.05) is 11.6 Å². The molecule has 1 saturated heterocycles. The summed E-state index contributed by atoms with van der Waals surface area (Å²) in [7, 11) is 0. The van der Waals surface area contributed by atoms with Crippen molar-refractivity contribution in [2.24, 2.45) is 0 Å². The molecule has 0 atom stereocenters. The van der Waals surface area contributed by atoms with E-state index in [-0.39, 0.29) is 0 Å². The van der Waals surface area contributed by atoms with Crippen LogP contribution in [0.5, 0.6) is 11.6 Å². The molecule has 0 saturated carbocycles. The Bertz CT molecular complexity index is 615. The number of benzene rings is 1. The number of nitrogens with one attached hydrogen (secondary N) is 1. The Morgan fingerprint density at radius 2 is 1.90 bits per heavy atom. The SMILES string of the molecule is Clc1cnc(Oc2ccc(N3CCNCC3)cc2)c(Br)c1. The van der Waals surface area contributed by atoms with Crippen molar-refractivity contribution in [3.8, 4) is 11.6 Å². The van der Waals surface area contributed by atoms with Gasteiger partial charge in [-0.3, -0.25) is 0 Å². The van der Waals surface area contributed by atoms with Crippen molar-refractivity contribution < 1.29 is 4.74 Å². The number of anilines is 1. The van der Waals surface area contributed by atoms with Crippen molar-refractivity contribution in [2.45, 2.75) is 0 Å². The van der Waals surface area contributed by atoms with Gasteiger partial charge in [0, 0.05) is 38.1 Å². The van der Waals surface area contributed by atoms with E-state index in [4.69, 9.17) is 16.3 Å².